The first-order valence-corrected chi connectivity index (χ1v) is 6.60. The first-order valence-electron chi connectivity index (χ1n) is 6.60. The highest BCUT2D eigenvalue weighted by molar-refractivity contribution is 5.82. The molecule has 0 aliphatic carbocycles. The maximum Gasteiger partial charge on any atom is 0.330 e. The first-order chi connectivity index (χ1) is 10.2. The van der Waals surface area contributed by atoms with Crippen LogP contribution >= 0.6 is 0 Å². The summed E-state index contributed by atoms with van der Waals surface area (Å²) in [6.45, 7) is 2.15. The minimum atomic E-state index is -0.344. The van der Waals surface area contributed by atoms with Gasteiger partial charge in [0, 0.05) is 12.1 Å². The number of carbonyl (C=O) groups is 1. The number of rotatable bonds is 7. The van der Waals surface area contributed by atoms with Crippen molar-refractivity contribution in [3.05, 3.63) is 54.1 Å². The number of esters is 1. The number of hydrogen-bond donors (Lipinski definition) is 0. The number of hydrogen-bond acceptors (Lipinski definition) is 4. The summed E-state index contributed by atoms with van der Waals surface area (Å²) in [6, 6.07) is 5.62. The fourth-order valence-corrected chi connectivity index (χ4v) is 1.55. The van der Waals surface area contributed by atoms with Crippen LogP contribution in [0, 0.1) is 0 Å². The highest BCUT2D eigenvalue weighted by Gasteiger charge is 1.98. The van der Waals surface area contributed by atoms with Gasteiger partial charge in [-0.2, -0.15) is 0 Å². The number of carbonyl (C=O) groups excluding carboxylic acids is 1. The Morgan fingerprint density at radius 1 is 1.00 bits per heavy atom. The van der Waals surface area contributed by atoms with Crippen molar-refractivity contribution in [1.29, 1.82) is 0 Å². The van der Waals surface area contributed by atoms with Gasteiger partial charge in [-0.1, -0.05) is 30.4 Å². The second kappa shape index (κ2) is 9.42. The van der Waals surface area contributed by atoms with E-state index in [1.54, 1.807) is 33.3 Å². The van der Waals surface area contributed by atoms with E-state index in [4.69, 9.17) is 14.2 Å². The Kier molecular flexibility index (Phi) is 7.43. The lowest BCUT2D eigenvalue weighted by Gasteiger charge is -2.05. The Morgan fingerprint density at radius 2 is 1.62 bits per heavy atom. The van der Waals surface area contributed by atoms with Crippen molar-refractivity contribution in [3.63, 3.8) is 0 Å². The molecule has 0 saturated heterocycles. The van der Waals surface area contributed by atoms with E-state index >= 15 is 0 Å². The molecule has 0 spiro atoms. The van der Waals surface area contributed by atoms with Crippen LogP contribution in [0.15, 0.2) is 48.6 Å². The van der Waals surface area contributed by atoms with E-state index in [0.717, 1.165) is 17.1 Å². The Morgan fingerprint density at radius 3 is 2.19 bits per heavy atom. The molecule has 1 rings (SSSR count). The lowest BCUT2D eigenvalue weighted by molar-refractivity contribution is -0.137. The smallest absolute Gasteiger partial charge is 0.330 e. The lowest BCUT2D eigenvalue weighted by atomic mass is 10.2. The van der Waals surface area contributed by atoms with Crippen molar-refractivity contribution in [1.82, 2.24) is 0 Å². The predicted octanol–water partition coefficient (Wildman–Crippen LogP) is 3.39. The molecule has 0 heterocycles. The van der Waals surface area contributed by atoms with Crippen molar-refractivity contribution >= 4 is 12.0 Å². The zero-order valence-corrected chi connectivity index (χ0v) is 12.5. The second-order valence-corrected chi connectivity index (χ2v) is 4.00. The van der Waals surface area contributed by atoms with Crippen molar-refractivity contribution in [3.8, 4) is 11.5 Å². The fourth-order valence-electron chi connectivity index (χ4n) is 1.55. The Hall–Kier alpha value is -2.49. The van der Waals surface area contributed by atoms with Gasteiger partial charge in [-0.15, -0.1) is 0 Å². The molecule has 0 bridgehead atoms. The molecule has 0 aliphatic rings. The summed E-state index contributed by atoms with van der Waals surface area (Å²) in [4.78, 5) is 11.0. The van der Waals surface area contributed by atoms with E-state index in [1.807, 2.05) is 36.4 Å². The van der Waals surface area contributed by atoms with Crippen LogP contribution in [-0.2, 0) is 9.53 Å². The van der Waals surface area contributed by atoms with Crippen molar-refractivity contribution in [2.45, 2.75) is 6.92 Å². The molecule has 0 fully saturated rings. The molecule has 1 aromatic carbocycles. The standard InChI is InChI=1S/C17H20O4/c1-4-21-17(18)10-8-6-5-7-9-14-11-15(19-2)13-16(12-14)20-3/h5-13H,4H2,1-3H3/b6-5+,9-7+,10-8+. The van der Waals surface area contributed by atoms with E-state index < -0.39 is 0 Å². The highest BCUT2D eigenvalue weighted by Crippen LogP contribution is 2.23. The van der Waals surface area contributed by atoms with Gasteiger partial charge in [0.1, 0.15) is 11.5 Å². The van der Waals surface area contributed by atoms with Gasteiger partial charge in [0.05, 0.1) is 20.8 Å². The molecule has 4 nitrogen and oxygen atoms in total. The summed E-state index contributed by atoms with van der Waals surface area (Å²) in [5.74, 6) is 1.13. The van der Waals surface area contributed by atoms with Crippen LogP contribution in [0.2, 0.25) is 0 Å². The van der Waals surface area contributed by atoms with Crippen molar-refractivity contribution in [2.24, 2.45) is 0 Å². The molecule has 0 atom stereocenters. The minimum Gasteiger partial charge on any atom is -0.497 e. The number of methoxy groups -OCH3 is 2. The maximum atomic E-state index is 11.0. The summed E-state index contributed by atoms with van der Waals surface area (Å²) in [6.07, 6.45) is 10.4. The molecule has 0 aromatic heterocycles. The minimum absolute atomic E-state index is 0.344. The zero-order valence-electron chi connectivity index (χ0n) is 12.5. The molecule has 21 heavy (non-hydrogen) atoms. The summed E-state index contributed by atoms with van der Waals surface area (Å²) < 4.78 is 15.2. The third-order valence-electron chi connectivity index (χ3n) is 2.51. The number of allylic oxidation sites excluding steroid dienone is 4. The summed E-state index contributed by atoms with van der Waals surface area (Å²) >= 11 is 0. The van der Waals surface area contributed by atoms with Crippen LogP contribution in [0.25, 0.3) is 6.08 Å². The van der Waals surface area contributed by atoms with Crippen LogP contribution < -0.4 is 9.47 Å². The second-order valence-electron chi connectivity index (χ2n) is 4.00. The molecule has 0 aliphatic heterocycles. The average Bonchev–Trinajstić information content (AvgIpc) is 2.50. The topological polar surface area (TPSA) is 44.8 Å². The van der Waals surface area contributed by atoms with E-state index in [2.05, 4.69) is 0 Å². The molecule has 0 saturated carbocycles. The summed E-state index contributed by atoms with van der Waals surface area (Å²) in [7, 11) is 3.23. The third-order valence-corrected chi connectivity index (χ3v) is 2.51. The summed E-state index contributed by atoms with van der Waals surface area (Å²) in [5.41, 5.74) is 0.963. The molecule has 0 unspecified atom stereocenters. The zero-order chi connectivity index (χ0) is 15.5. The van der Waals surface area contributed by atoms with Crippen LogP contribution in [0.4, 0.5) is 0 Å². The van der Waals surface area contributed by atoms with Gasteiger partial charge in [0.2, 0.25) is 0 Å². The Balaban J connectivity index is 2.62. The lowest BCUT2D eigenvalue weighted by Crippen LogP contribution is -1.98. The van der Waals surface area contributed by atoms with Gasteiger partial charge in [0.15, 0.2) is 0 Å². The van der Waals surface area contributed by atoms with Crippen LogP contribution in [-0.4, -0.2) is 26.8 Å². The molecule has 0 radical (unpaired) electrons. The number of ether oxygens (including phenoxy) is 3. The molecule has 0 amide bonds. The molecule has 112 valence electrons. The van der Waals surface area contributed by atoms with Gasteiger partial charge in [-0.3, -0.25) is 0 Å². The Labute approximate surface area is 125 Å². The highest BCUT2D eigenvalue weighted by atomic mass is 16.5. The third kappa shape index (κ3) is 6.47. The van der Waals surface area contributed by atoms with E-state index in [0.29, 0.717) is 6.61 Å². The Bertz CT molecular complexity index is 519. The van der Waals surface area contributed by atoms with Gasteiger partial charge >= 0.3 is 5.97 Å². The largest absolute Gasteiger partial charge is 0.497 e. The van der Waals surface area contributed by atoms with Crippen molar-refractivity contribution in [2.75, 3.05) is 20.8 Å². The van der Waals surface area contributed by atoms with E-state index in [-0.39, 0.29) is 5.97 Å². The fraction of sp³-hybridized carbons (Fsp3) is 0.235. The maximum absolute atomic E-state index is 11.0. The monoisotopic (exact) mass is 288 g/mol. The van der Waals surface area contributed by atoms with Gasteiger partial charge in [0.25, 0.3) is 0 Å². The summed E-state index contributed by atoms with van der Waals surface area (Å²) in [5, 5.41) is 0. The quantitative estimate of drug-likeness (QED) is 0.438. The number of benzene rings is 1. The normalized spacial score (nSPS) is 11.4. The van der Waals surface area contributed by atoms with Gasteiger partial charge in [-0.25, -0.2) is 4.79 Å². The SMILES string of the molecule is CCOC(=O)/C=C/C=C/C=C/c1cc(OC)cc(OC)c1. The van der Waals surface area contributed by atoms with E-state index in [1.165, 1.54) is 6.08 Å². The van der Waals surface area contributed by atoms with Gasteiger partial charge in [-0.05, 0) is 24.6 Å². The molecule has 0 N–H and O–H groups in total. The molecular weight excluding hydrogens is 268 g/mol. The first kappa shape index (κ1) is 16.6. The average molecular weight is 288 g/mol. The van der Waals surface area contributed by atoms with Crippen LogP contribution in [0.1, 0.15) is 12.5 Å². The predicted molar refractivity (Wildman–Crippen MR) is 83.5 cm³/mol. The molecule has 1 aromatic rings. The van der Waals surface area contributed by atoms with Crippen LogP contribution in [0.5, 0.6) is 11.5 Å². The van der Waals surface area contributed by atoms with Crippen molar-refractivity contribution < 1.29 is 19.0 Å². The van der Waals surface area contributed by atoms with Crippen LogP contribution in [0.3, 0.4) is 0 Å². The molecule has 4 heteroatoms. The van der Waals surface area contributed by atoms with E-state index in [9.17, 15) is 4.79 Å². The molecular formula is C17H20O4. The van der Waals surface area contributed by atoms with Gasteiger partial charge < -0.3 is 14.2 Å².